The molecule has 35 heavy (non-hydrogen) atoms. The predicted octanol–water partition coefficient (Wildman–Crippen LogP) is 4.14. The van der Waals surface area contributed by atoms with Crippen LogP contribution in [0.15, 0.2) is 40.6 Å². The van der Waals surface area contributed by atoms with Crippen molar-refractivity contribution in [1.82, 2.24) is 24.8 Å². The van der Waals surface area contributed by atoms with Gasteiger partial charge in [-0.1, -0.05) is 23.7 Å². The molecule has 0 bridgehead atoms. The summed E-state index contributed by atoms with van der Waals surface area (Å²) in [6.45, 7) is 2.48. The van der Waals surface area contributed by atoms with Crippen molar-refractivity contribution in [3.8, 4) is 22.4 Å². The number of thiazole rings is 1. The largest absolute Gasteiger partial charge is 0.374 e. The van der Waals surface area contributed by atoms with E-state index in [4.69, 9.17) is 21.3 Å². The highest BCUT2D eigenvalue weighted by Gasteiger charge is 2.27. The van der Waals surface area contributed by atoms with Gasteiger partial charge in [0, 0.05) is 64.7 Å². The third kappa shape index (κ3) is 4.45. The fraction of sp³-hybridized carbons (Fsp3) is 0.360. The Morgan fingerprint density at radius 2 is 2.14 bits per heavy atom. The second-order valence-corrected chi connectivity index (χ2v) is 10.2. The van der Waals surface area contributed by atoms with E-state index in [1.165, 1.54) is 17.8 Å². The molecule has 8 nitrogen and oxygen atoms in total. The van der Waals surface area contributed by atoms with Gasteiger partial charge in [-0.05, 0) is 25.0 Å². The SMILES string of the molecule is CNc1ncc2cc(-c3ccc(-c4csc(C5CC5)n4)cc3Cl)c(=O)n(C[C@@H]3CNCCO3)c2n1. The minimum atomic E-state index is -0.160. The Kier molecular flexibility index (Phi) is 6.01. The van der Waals surface area contributed by atoms with Gasteiger partial charge in [-0.15, -0.1) is 11.3 Å². The summed E-state index contributed by atoms with van der Waals surface area (Å²) in [5, 5.41) is 10.8. The number of hydrogen-bond donors (Lipinski definition) is 2. The van der Waals surface area contributed by atoms with Crippen molar-refractivity contribution in [3.63, 3.8) is 0 Å². The molecular weight excluding hydrogens is 484 g/mol. The number of morpholine rings is 1. The number of benzene rings is 1. The number of rotatable bonds is 6. The Morgan fingerprint density at radius 3 is 2.89 bits per heavy atom. The van der Waals surface area contributed by atoms with Gasteiger partial charge in [-0.2, -0.15) is 4.98 Å². The number of fused-ring (bicyclic) bond motifs is 1. The first-order chi connectivity index (χ1) is 17.1. The van der Waals surface area contributed by atoms with Crippen molar-refractivity contribution < 1.29 is 4.74 Å². The zero-order valence-electron chi connectivity index (χ0n) is 19.3. The highest BCUT2D eigenvalue weighted by atomic mass is 35.5. The number of nitrogens with zero attached hydrogens (tertiary/aromatic N) is 4. The zero-order valence-corrected chi connectivity index (χ0v) is 20.8. The molecule has 10 heteroatoms. The minimum Gasteiger partial charge on any atom is -0.374 e. The molecule has 1 saturated heterocycles. The van der Waals surface area contributed by atoms with Crippen LogP contribution in [0, 0.1) is 0 Å². The van der Waals surface area contributed by atoms with E-state index in [-0.39, 0.29) is 11.7 Å². The Bertz CT molecular complexity index is 1460. The van der Waals surface area contributed by atoms with Crippen LogP contribution in [-0.4, -0.2) is 52.4 Å². The molecule has 4 heterocycles. The minimum absolute atomic E-state index is 0.129. The lowest BCUT2D eigenvalue weighted by molar-refractivity contribution is 0.0183. The number of pyridine rings is 1. The number of anilines is 1. The second kappa shape index (κ2) is 9.31. The molecule has 1 atom stereocenters. The number of halogens is 1. The lowest BCUT2D eigenvalue weighted by Gasteiger charge is -2.25. The second-order valence-electron chi connectivity index (χ2n) is 8.93. The molecule has 1 aliphatic heterocycles. The molecule has 0 unspecified atom stereocenters. The van der Waals surface area contributed by atoms with E-state index >= 15 is 0 Å². The number of ether oxygens (including phenoxy) is 1. The van der Waals surface area contributed by atoms with E-state index in [2.05, 4.69) is 26.0 Å². The highest BCUT2D eigenvalue weighted by molar-refractivity contribution is 7.10. The van der Waals surface area contributed by atoms with Gasteiger partial charge >= 0.3 is 0 Å². The van der Waals surface area contributed by atoms with Gasteiger partial charge in [0.2, 0.25) is 5.95 Å². The van der Waals surface area contributed by atoms with Crippen molar-refractivity contribution in [2.45, 2.75) is 31.4 Å². The van der Waals surface area contributed by atoms with E-state index in [0.717, 1.165) is 23.2 Å². The van der Waals surface area contributed by atoms with E-state index in [9.17, 15) is 4.79 Å². The summed E-state index contributed by atoms with van der Waals surface area (Å²) in [6.07, 6.45) is 4.05. The molecule has 0 amide bonds. The van der Waals surface area contributed by atoms with Crippen LogP contribution in [0.5, 0.6) is 0 Å². The van der Waals surface area contributed by atoms with Gasteiger partial charge in [-0.3, -0.25) is 9.36 Å². The molecular formula is C25H25ClN6O2S. The van der Waals surface area contributed by atoms with E-state index < -0.39 is 0 Å². The smallest absolute Gasteiger partial charge is 0.260 e. The summed E-state index contributed by atoms with van der Waals surface area (Å²) in [6, 6.07) is 7.60. The van der Waals surface area contributed by atoms with Gasteiger partial charge in [0.1, 0.15) is 5.65 Å². The lowest BCUT2D eigenvalue weighted by atomic mass is 10.0. The monoisotopic (exact) mass is 508 g/mol. The first kappa shape index (κ1) is 22.6. The molecule has 0 spiro atoms. The van der Waals surface area contributed by atoms with Gasteiger partial charge in [0.25, 0.3) is 5.56 Å². The zero-order chi connectivity index (χ0) is 23.9. The molecule has 2 aliphatic rings. The molecule has 4 aromatic rings. The van der Waals surface area contributed by atoms with Gasteiger partial charge in [0.05, 0.1) is 30.0 Å². The number of nitrogens with one attached hydrogen (secondary N) is 2. The molecule has 2 N–H and O–H groups in total. The van der Waals surface area contributed by atoms with Crippen LogP contribution in [-0.2, 0) is 11.3 Å². The standard InChI is InChI=1S/C25H25ClN6O2S/c1-27-25-29-10-16-8-19(24(33)32(22(16)31-25)12-17-11-28-6-7-34-17)18-5-4-15(9-20(18)26)21-13-35-23(30-21)14-2-3-14/h4-5,8-10,13-14,17,28H,2-3,6-7,11-12H2,1H3,(H,27,29,31)/t17-/m0/s1. The summed E-state index contributed by atoms with van der Waals surface area (Å²) in [4.78, 5) is 27.5. The highest BCUT2D eigenvalue weighted by Crippen LogP contribution is 2.43. The van der Waals surface area contributed by atoms with Gasteiger partial charge in [0.15, 0.2) is 0 Å². The van der Waals surface area contributed by atoms with Crippen LogP contribution in [0.4, 0.5) is 5.95 Å². The number of hydrogen-bond acceptors (Lipinski definition) is 8. The quantitative estimate of drug-likeness (QED) is 0.404. The predicted molar refractivity (Wildman–Crippen MR) is 139 cm³/mol. The molecule has 180 valence electrons. The van der Waals surface area contributed by atoms with Crippen molar-refractivity contribution in [3.05, 3.63) is 56.2 Å². The van der Waals surface area contributed by atoms with Crippen LogP contribution >= 0.6 is 22.9 Å². The molecule has 0 radical (unpaired) electrons. The third-order valence-electron chi connectivity index (χ3n) is 6.44. The maximum atomic E-state index is 13.8. The molecule has 1 aliphatic carbocycles. The van der Waals surface area contributed by atoms with Crippen molar-refractivity contribution >= 4 is 39.9 Å². The first-order valence-corrected chi connectivity index (χ1v) is 13.0. The fourth-order valence-electron chi connectivity index (χ4n) is 4.41. The number of aromatic nitrogens is 4. The summed E-state index contributed by atoms with van der Waals surface area (Å²) in [5.74, 6) is 1.07. The van der Waals surface area contributed by atoms with Crippen LogP contribution in [0.3, 0.4) is 0 Å². The Balaban J connectivity index is 1.43. The first-order valence-electron chi connectivity index (χ1n) is 11.8. The summed E-state index contributed by atoms with van der Waals surface area (Å²) >= 11 is 8.47. The average Bonchev–Trinajstić information content (AvgIpc) is 3.62. The molecule has 1 saturated carbocycles. The maximum absolute atomic E-state index is 13.8. The Labute approximate surface area is 211 Å². The van der Waals surface area contributed by atoms with Crippen LogP contribution < -0.4 is 16.2 Å². The van der Waals surface area contributed by atoms with E-state index in [1.54, 1.807) is 29.1 Å². The molecule has 2 fully saturated rings. The summed E-state index contributed by atoms with van der Waals surface area (Å²) < 4.78 is 7.56. The average molecular weight is 509 g/mol. The molecule has 6 rings (SSSR count). The van der Waals surface area contributed by atoms with Crippen LogP contribution in [0.2, 0.25) is 5.02 Å². The van der Waals surface area contributed by atoms with Crippen molar-refractivity contribution in [2.24, 2.45) is 0 Å². The normalized spacial score (nSPS) is 18.2. The van der Waals surface area contributed by atoms with Crippen LogP contribution in [0.25, 0.3) is 33.4 Å². The fourth-order valence-corrected chi connectivity index (χ4v) is 5.70. The van der Waals surface area contributed by atoms with E-state index in [0.29, 0.717) is 53.4 Å². The molecule has 3 aromatic heterocycles. The summed E-state index contributed by atoms with van der Waals surface area (Å²) in [7, 11) is 1.75. The molecule has 1 aromatic carbocycles. The Hall–Kier alpha value is -2.85. The van der Waals surface area contributed by atoms with Crippen molar-refractivity contribution in [2.75, 3.05) is 32.1 Å². The van der Waals surface area contributed by atoms with Crippen LogP contribution in [0.1, 0.15) is 23.8 Å². The lowest BCUT2D eigenvalue weighted by Crippen LogP contribution is -2.42. The maximum Gasteiger partial charge on any atom is 0.260 e. The summed E-state index contributed by atoms with van der Waals surface area (Å²) in [5.41, 5.74) is 3.47. The topological polar surface area (TPSA) is 94.0 Å². The van der Waals surface area contributed by atoms with Gasteiger partial charge in [-0.25, -0.2) is 9.97 Å². The van der Waals surface area contributed by atoms with Crippen molar-refractivity contribution in [1.29, 1.82) is 0 Å². The third-order valence-corrected chi connectivity index (χ3v) is 7.76. The van der Waals surface area contributed by atoms with Gasteiger partial charge < -0.3 is 15.4 Å². The Morgan fingerprint density at radius 1 is 1.26 bits per heavy atom. The van der Waals surface area contributed by atoms with E-state index in [1.807, 2.05) is 24.3 Å².